The number of benzene rings is 2. The topological polar surface area (TPSA) is 123 Å². The summed E-state index contributed by atoms with van der Waals surface area (Å²) in [5.41, 5.74) is 1.05. The molecule has 1 aliphatic heterocycles. The van der Waals surface area contributed by atoms with E-state index in [1.54, 1.807) is 0 Å². The van der Waals surface area contributed by atoms with E-state index in [0.29, 0.717) is 25.1 Å². The molecule has 5 rings (SSSR count). The van der Waals surface area contributed by atoms with Gasteiger partial charge in [-0.3, -0.25) is 4.90 Å². The summed E-state index contributed by atoms with van der Waals surface area (Å²) in [5.74, 6) is -2.26. The van der Waals surface area contributed by atoms with Crippen molar-refractivity contribution in [3.63, 3.8) is 0 Å². The number of aromatic amines is 1. The van der Waals surface area contributed by atoms with Crippen LogP contribution < -0.4 is 4.74 Å². The van der Waals surface area contributed by atoms with E-state index in [9.17, 15) is 5.11 Å². The minimum atomic E-state index is -1.82. The van der Waals surface area contributed by atoms with E-state index in [2.05, 4.69) is 35.0 Å². The zero-order valence-corrected chi connectivity index (χ0v) is 21.8. The lowest BCUT2D eigenvalue weighted by atomic mass is 9.90. The van der Waals surface area contributed by atoms with Gasteiger partial charge in [-0.2, -0.15) is 0 Å². The molecule has 37 heavy (non-hydrogen) atoms. The maximum absolute atomic E-state index is 10.6. The molecule has 0 radical (unpaired) electrons. The van der Waals surface area contributed by atoms with Crippen molar-refractivity contribution < 1.29 is 29.6 Å². The Balaban J connectivity index is 0.000000480. The molecule has 4 N–H and O–H groups in total. The van der Waals surface area contributed by atoms with Gasteiger partial charge in [0.05, 0.1) is 0 Å². The Morgan fingerprint density at radius 2 is 1.97 bits per heavy atom. The van der Waals surface area contributed by atoms with E-state index in [4.69, 9.17) is 36.1 Å². The monoisotopic (exact) mass is 544 g/mol. The highest BCUT2D eigenvalue weighted by molar-refractivity contribution is 7.19. The first-order valence-corrected chi connectivity index (χ1v) is 13.2. The summed E-state index contributed by atoms with van der Waals surface area (Å²) in [4.78, 5) is 25.2. The van der Waals surface area contributed by atoms with Crippen molar-refractivity contribution in [3.05, 3.63) is 64.6 Å². The first-order valence-electron chi connectivity index (χ1n) is 12.0. The number of carboxylic acid groups (broad SMARTS) is 2. The highest BCUT2D eigenvalue weighted by atomic mass is 35.5. The van der Waals surface area contributed by atoms with Gasteiger partial charge in [0, 0.05) is 44.3 Å². The third-order valence-electron chi connectivity index (χ3n) is 6.53. The van der Waals surface area contributed by atoms with Gasteiger partial charge in [0.25, 0.3) is 0 Å². The highest BCUT2D eigenvalue weighted by Gasteiger charge is 2.28. The number of thiophene rings is 1. The Hall–Kier alpha value is -3.11. The van der Waals surface area contributed by atoms with Crippen LogP contribution in [0.2, 0.25) is 5.02 Å². The number of carbonyl (C=O) groups is 2. The second-order valence-electron chi connectivity index (χ2n) is 9.17. The molecule has 1 saturated heterocycles. The first kappa shape index (κ1) is 26.9. The van der Waals surface area contributed by atoms with Crippen LogP contribution in [-0.4, -0.2) is 69.0 Å². The number of aliphatic carboxylic acids is 2. The number of rotatable bonds is 6. The standard InChI is InChI=1S/C25H27ClN2O2S.C2H2O4/c1-16-11-18(24-12-17-5-6-19(26)13-25(17)31-24)8-10-28(16)14-20(29)15-30-23-4-2-3-22-21(23)7-9-27-22;3-1(4)2(5)6/h2-7,9,12-13,16,18,20,27,29H,8,10-11,14-15H2,1H3;(H,3,4)(H,5,6)/t16-,18-,20?;/m0./s1. The number of fused-ring (bicyclic) bond motifs is 2. The second kappa shape index (κ2) is 12.0. The highest BCUT2D eigenvalue weighted by Crippen LogP contribution is 2.39. The van der Waals surface area contributed by atoms with Gasteiger partial charge in [-0.25, -0.2) is 9.59 Å². The summed E-state index contributed by atoms with van der Waals surface area (Å²) in [6.45, 7) is 4.20. The van der Waals surface area contributed by atoms with Crippen molar-refractivity contribution in [1.29, 1.82) is 0 Å². The molecule has 0 amide bonds. The molecule has 0 spiro atoms. The van der Waals surface area contributed by atoms with E-state index >= 15 is 0 Å². The lowest BCUT2D eigenvalue weighted by Crippen LogP contribution is -2.45. The van der Waals surface area contributed by atoms with E-state index in [1.807, 2.05) is 47.9 Å². The number of ether oxygens (including phenoxy) is 1. The van der Waals surface area contributed by atoms with Crippen molar-refractivity contribution in [2.75, 3.05) is 19.7 Å². The quantitative estimate of drug-likeness (QED) is 0.246. The fourth-order valence-electron chi connectivity index (χ4n) is 4.67. The number of aromatic nitrogens is 1. The fraction of sp³-hybridized carbons (Fsp3) is 0.333. The number of β-amino-alcohol motifs (C(OH)–C–C–N with tert-alkyl or cyclic N) is 1. The van der Waals surface area contributed by atoms with E-state index < -0.39 is 18.0 Å². The maximum atomic E-state index is 10.6. The first-order chi connectivity index (χ1) is 17.7. The van der Waals surface area contributed by atoms with Crippen LogP contribution in [0, 0.1) is 0 Å². The van der Waals surface area contributed by atoms with Crippen LogP contribution in [-0.2, 0) is 9.59 Å². The zero-order valence-electron chi connectivity index (χ0n) is 20.3. The number of piperidine rings is 1. The maximum Gasteiger partial charge on any atom is 0.414 e. The van der Waals surface area contributed by atoms with Crippen molar-refractivity contribution in [3.8, 4) is 5.75 Å². The fourth-order valence-corrected chi connectivity index (χ4v) is 6.16. The Kier molecular flexibility index (Phi) is 8.71. The average Bonchev–Trinajstić information content (AvgIpc) is 3.51. The zero-order chi connectivity index (χ0) is 26.5. The van der Waals surface area contributed by atoms with Crippen LogP contribution in [0.1, 0.15) is 30.6 Å². The lowest BCUT2D eigenvalue weighted by Gasteiger charge is -2.38. The van der Waals surface area contributed by atoms with E-state index in [1.165, 1.54) is 15.0 Å². The smallest absolute Gasteiger partial charge is 0.414 e. The summed E-state index contributed by atoms with van der Waals surface area (Å²) in [6.07, 6.45) is 3.61. The van der Waals surface area contributed by atoms with Gasteiger partial charge in [-0.05, 0) is 74.0 Å². The minimum Gasteiger partial charge on any atom is -0.490 e. The SMILES string of the molecule is C[C@H]1C[C@@H](c2cc3ccc(Cl)cc3s2)CCN1CC(O)COc1cccc2[nH]ccc12.O=C(O)C(=O)O. The van der Waals surface area contributed by atoms with Crippen molar-refractivity contribution >= 4 is 55.9 Å². The number of hydrogen-bond donors (Lipinski definition) is 4. The Morgan fingerprint density at radius 3 is 2.70 bits per heavy atom. The van der Waals surface area contributed by atoms with Gasteiger partial charge >= 0.3 is 11.9 Å². The lowest BCUT2D eigenvalue weighted by molar-refractivity contribution is -0.159. The largest absolute Gasteiger partial charge is 0.490 e. The summed E-state index contributed by atoms with van der Waals surface area (Å²) in [6, 6.07) is 16.8. The van der Waals surface area contributed by atoms with Crippen LogP contribution >= 0.6 is 22.9 Å². The van der Waals surface area contributed by atoms with Gasteiger partial charge in [0.1, 0.15) is 18.5 Å². The van der Waals surface area contributed by atoms with Gasteiger partial charge in [0.2, 0.25) is 0 Å². The molecule has 0 saturated carbocycles. The predicted octanol–water partition coefficient (Wildman–Crippen LogP) is 5.20. The molecule has 4 aromatic rings. The molecule has 1 unspecified atom stereocenters. The number of H-pyrrole nitrogens is 1. The molecule has 1 fully saturated rings. The van der Waals surface area contributed by atoms with Crippen LogP contribution in [0.4, 0.5) is 0 Å². The van der Waals surface area contributed by atoms with Crippen LogP contribution in [0.3, 0.4) is 0 Å². The molecule has 2 aromatic carbocycles. The summed E-state index contributed by atoms with van der Waals surface area (Å²) in [5, 5.41) is 28.5. The molecule has 1 aliphatic rings. The van der Waals surface area contributed by atoms with Crippen LogP contribution in [0.25, 0.3) is 21.0 Å². The van der Waals surface area contributed by atoms with Gasteiger partial charge in [0.15, 0.2) is 0 Å². The van der Waals surface area contributed by atoms with Crippen molar-refractivity contribution in [1.82, 2.24) is 9.88 Å². The van der Waals surface area contributed by atoms with Crippen molar-refractivity contribution in [2.45, 2.75) is 37.8 Å². The normalized spacial score (nSPS) is 18.8. The molecule has 3 heterocycles. The molecule has 0 aliphatic carbocycles. The number of halogens is 1. The molecule has 8 nitrogen and oxygen atoms in total. The number of likely N-dealkylation sites (tertiary alicyclic amines) is 1. The average molecular weight is 545 g/mol. The van der Waals surface area contributed by atoms with E-state index in [-0.39, 0.29) is 0 Å². The van der Waals surface area contributed by atoms with Crippen LogP contribution in [0.15, 0.2) is 54.7 Å². The minimum absolute atomic E-state index is 0.300. The van der Waals surface area contributed by atoms with Gasteiger partial charge < -0.3 is 25.0 Å². The van der Waals surface area contributed by atoms with Crippen LogP contribution in [0.5, 0.6) is 5.75 Å². The predicted molar refractivity (Wildman–Crippen MR) is 145 cm³/mol. The summed E-state index contributed by atoms with van der Waals surface area (Å²) < 4.78 is 7.21. The summed E-state index contributed by atoms with van der Waals surface area (Å²) in [7, 11) is 0. The number of hydrogen-bond acceptors (Lipinski definition) is 6. The molecule has 3 atom stereocenters. The molecule has 2 aromatic heterocycles. The van der Waals surface area contributed by atoms with Gasteiger partial charge in [-0.1, -0.05) is 23.7 Å². The Bertz CT molecular complexity index is 1370. The van der Waals surface area contributed by atoms with Gasteiger partial charge in [-0.15, -0.1) is 11.3 Å². The number of nitrogens with zero attached hydrogens (tertiary/aromatic N) is 1. The van der Waals surface area contributed by atoms with Crippen molar-refractivity contribution in [2.24, 2.45) is 0 Å². The Morgan fingerprint density at radius 1 is 1.19 bits per heavy atom. The second-order valence-corrected chi connectivity index (χ2v) is 10.7. The number of nitrogens with one attached hydrogen (secondary N) is 1. The molecule has 196 valence electrons. The third-order valence-corrected chi connectivity index (χ3v) is 8.03. The molecular formula is C27H29ClN2O6S. The third kappa shape index (κ3) is 6.81. The molecular weight excluding hydrogens is 516 g/mol. The number of aliphatic hydroxyl groups excluding tert-OH is 1. The number of aliphatic hydroxyl groups is 1. The number of carboxylic acids is 2. The molecule has 0 bridgehead atoms. The summed E-state index contributed by atoms with van der Waals surface area (Å²) >= 11 is 8.02. The molecule has 10 heteroatoms. The van der Waals surface area contributed by atoms with E-state index in [0.717, 1.165) is 41.1 Å². The Labute approximate surface area is 223 Å².